The molecule has 0 aromatic heterocycles. The Morgan fingerprint density at radius 1 is 1.21 bits per heavy atom. The van der Waals surface area contributed by atoms with E-state index in [1.54, 1.807) is 0 Å². The van der Waals surface area contributed by atoms with Crippen molar-refractivity contribution in [2.45, 2.75) is 57.5 Å². The van der Waals surface area contributed by atoms with Crippen molar-refractivity contribution in [1.82, 2.24) is 0 Å². The van der Waals surface area contributed by atoms with Crippen molar-refractivity contribution in [2.75, 3.05) is 6.54 Å². The van der Waals surface area contributed by atoms with Crippen molar-refractivity contribution in [3.8, 4) is 0 Å². The Kier molecular flexibility index (Phi) is 2.61. The predicted molar refractivity (Wildman–Crippen MR) is 57.9 cm³/mol. The molecule has 0 bridgehead atoms. The third-order valence-electron chi connectivity index (χ3n) is 4.88. The summed E-state index contributed by atoms with van der Waals surface area (Å²) in [4.78, 5) is 0. The minimum Gasteiger partial charge on any atom is -0.389 e. The van der Waals surface area contributed by atoms with Gasteiger partial charge in [0.1, 0.15) is 0 Å². The second kappa shape index (κ2) is 3.49. The van der Waals surface area contributed by atoms with Crippen molar-refractivity contribution >= 4 is 0 Å². The van der Waals surface area contributed by atoms with Crippen LogP contribution in [0.2, 0.25) is 0 Å². The van der Waals surface area contributed by atoms with Crippen LogP contribution in [0.1, 0.15) is 51.9 Å². The summed E-state index contributed by atoms with van der Waals surface area (Å²) in [5.41, 5.74) is 5.55. The van der Waals surface area contributed by atoms with Crippen LogP contribution in [0.5, 0.6) is 0 Å². The third-order valence-corrected chi connectivity index (χ3v) is 4.88. The summed E-state index contributed by atoms with van der Waals surface area (Å²) in [6.45, 7) is 2.87. The molecule has 2 aliphatic rings. The average Bonchev–Trinajstić information content (AvgIpc) is 2.76. The highest BCUT2D eigenvalue weighted by atomic mass is 16.3. The third kappa shape index (κ3) is 1.24. The van der Waals surface area contributed by atoms with Crippen LogP contribution in [0.15, 0.2) is 0 Å². The summed E-state index contributed by atoms with van der Waals surface area (Å²) in [5.74, 6) is 0.448. The van der Waals surface area contributed by atoms with Crippen molar-refractivity contribution in [3.63, 3.8) is 0 Å². The van der Waals surface area contributed by atoms with Gasteiger partial charge in [-0.3, -0.25) is 0 Å². The summed E-state index contributed by atoms with van der Waals surface area (Å²) in [7, 11) is 0. The molecule has 2 unspecified atom stereocenters. The van der Waals surface area contributed by atoms with Crippen molar-refractivity contribution in [2.24, 2.45) is 17.1 Å². The van der Waals surface area contributed by atoms with Gasteiger partial charge in [0, 0.05) is 12.0 Å². The minimum absolute atomic E-state index is 0.0584. The second-order valence-corrected chi connectivity index (χ2v) is 5.41. The Labute approximate surface area is 86.9 Å². The van der Waals surface area contributed by atoms with Crippen LogP contribution < -0.4 is 5.73 Å². The van der Waals surface area contributed by atoms with Gasteiger partial charge in [-0.2, -0.15) is 0 Å². The lowest BCUT2D eigenvalue weighted by atomic mass is 9.66. The van der Waals surface area contributed by atoms with E-state index in [0.717, 1.165) is 19.3 Å². The van der Waals surface area contributed by atoms with E-state index in [9.17, 15) is 5.11 Å². The van der Waals surface area contributed by atoms with Gasteiger partial charge < -0.3 is 10.8 Å². The first kappa shape index (κ1) is 10.4. The molecule has 14 heavy (non-hydrogen) atoms. The van der Waals surface area contributed by atoms with Gasteiger partial charge in [-0.15, -0.1) is 0 Å². The Balaban J connectivity index is 2.25. The molecule has 2 fully saturated rings. The van der Waals surface area contributed by atoms with Crippen LogP contribution in [-0.4, -0.2) is 17.3 Å². The zero-order chi connectivity index (χ0) is 10.2. The summed E-state index contributed by atoms with van der Waals surface area (Å²) in [6.07, 6.45) is 8.14. The van der Waals surface area contributed by atoms with Gasteiger partial charge in [0.15, 0.2) is 0 Å². The Morgan fingerprint density at radius 3 is 2.29 bits per heavy atom. The van der Waals surface area contributed by atoms with E-state index in [4.69, 9.17) is 5.73 Å². The normalized spacial score (nSPS) is 41.8. The van der Waals surface area contributed by atoms with Gasteiger partial charge in [0.2, 0.25) is 0 Å². The molecule has 0 aromatic carbocycles. The fourth-order valence-electron chi connectivity index (χ4n) is 3.82. The zero-order valence-electron chi connectivity index (χ0n) is 9.26. The fraction of sp³-hybridized carbons (Fsp3) is 1.00. The van der Waals surface area contributed by atoms with E-state index in [1.165, 1.54) is 25.7 Å². The van der Waals surface area contributed by atoms with Crippen LogP contribution >= 0.6 is 0 Å². The maximum Gasteiger partial charge on any atom is 0.0741 e. The Hall–Kier alpha value is -0.0800. The van der Waals surface area contributed by atoms with Crippen LogP contribution in [0.3, 0.4) is 0 Å². The molecular formula is C12H23NO. The highest BCUT2D eigenvalue weighted by Crippen LogP contribution is 2.54. The molecule has 0 saturated heterocycles. The van der Waals surface area contributed by atoms with E-state index in [2.05, 4.69) is 6.92 Å². The standard InChI is InChI=1S/C12H23NO/c1-10-5-4-8-12(10,14)11(9-13)6-2-3-7-11/h10,14H,2-9,13H2,1H3. The van der Waals surface area contributed by atoms with Crippen LogP contribution in [0.4, 0.5) is 0 Å². The van der Waals surface area contributed by atoms with Crippen molar-refractivity contribution < 1.29 is 5.11 Å². The average molecular weight is 197 g/mol. The molecular weight excluding hydrogens is 174 g/mol. The fourth-order valence-corrected chi connectivity index (χ4v) is 3.82. The van der Waals surface area contributed by atoms with E-state index in [0.29, 0.717) is 12.5 Å². The summed E-state index contributed by atoms with van der Waals surface area (Å²) in [6, 6.07) is 0. The van der Waals surface area contributed by atoms with Gasteiger partial charge in [-0.05, 0) is 31.6 Å². The molecule has 0 aliphatic heterocycles. The molecule has 2 aliphatic carbocycles. The molecule has 2 saturated carbocycles. The van der Waals surface area contributed by atoms with Gasteiger partial charge >= 0.3 is 0 Å². The summed E-state index contributed by atoms with van der Waals surface area (Å²) >= 11 is 0. The minimum atomic E-state index is -0.446. The lowest BCUT2D eigenvalue weighted by Gasteiger charge is -2.45. The number of hydrogen-bond donors (Lipinski definition) is 2. The number of aliphatic hydroxyl groups is 1. The van der Waals surface area contributed by atoms with E-state index >= 15 is 0 Å². The molecule has 0 amide bonds. The van der Waals surface area contributed by atoms with E-state index < -0.39 is 5.60 Å². The first-order chi connectivity index (χ1) is 6.65. The number of nitrogens with two attached hydrogens (primary N) is 1. The van der Waals surface area contributed by atoms with E-state index in [1.807, 2.05) is 0 Å². The van der Waals surface area contributed by atoms with Crippen molar-refractivity contribution in [1.29, 1.82) is 0 Å². The lowest BCUT2D eigenvalue weighted by molar-refractivity contribution is -0.102. The molecule has 0 radical (unpaired) electrons. The maximum atomic E-state index is 10.8. The SMILES string of the molecule is CC1CCCC1(O)C1(CN)CCCC1. The maximum absolute atomic E-state index is 10.8. The predicted octanol–water partition coefficient (Wildman–Crippen LogP) is 2.06. The monoisotopic (exact) mass is 197 g/mol. The molecule has 2 heteroatoms. The smallest absolute Gasteiger partial charge is 0.0741 e. The van der Waals surface area contributed by atoms with Gasteiger partial charge in [-0.25, -0.2) is 0 Å². The van der Waals surface area contributed by atoms with Gasteiger partial charge in [-0.1, -0.05) is 26.2 Å². The second-order valence-electron chi connectivity index (χ2n) is 5.41. The summed E-state index contributed by atoms with van der Waals surface area (Å²) in [5, 5.41) is 10.8. The summed E-state index contributed by atoms with van der Waals surface area (Å²) < 4.78 is 0. The molecule has 2 rings (SSSR count). The molecule has 0 aromatic rings. The topological polar surface area (TPSA) is 46.2 Å². The molecule has 82 valence electrons. The highest BCUT2D eigenvalue weighted by Gasteiger charge is 2.55. The Morgan fingerprint density at radius 2 is 1.86 bits per heavy atom. The van der Waals surface area contributed by atoms with E-state index in [-0.39, 0.29) is 5.41 Å². The largest absolute Gasteiger partial charge is 0.389 e. The molecule has 0 heterocycles. The van der Waals surface area contributed by atoms with Crippen LogP contribution in [-0.2, 0) is 0 Å². The van der Waals surface area contributed by atoms with Gasteiger partial charge in [0.05, 0.1) is 5.60 Å². The molecule has 2 atom stereocenters. The van der Waals surface area contributed by atoms with Gasteiger partial charge in [0.25, 0.3) is 0 Å². The lowest BCUT2D eigenvalue weighted by Crippen LogP contribution is -2.52. The van der Waals surface area contributed by atoms with Crippen LogP contribution in [0, 0.1) is 11.3 Å². The molecule has 0 spiro atoms. The van der Waals surface area contributed by atoms with Crippen molar-refractivity contribution in [3.05, 3.63) is 0 Å². The first-order valence-corrected chi connectivity index (χ1v) is 6.07. The molecule has 2 nitrogen and oxygen atoms in total. The van der Waals surface area contributed by atoms with Crippen LogP contribution in [0.25, 0.3) is 0 Å². The quantitative estimate of drug-likeness (QED) is 0.711. The Bertz CT molecular complexity index is 208. The number of hydrogen-bond acceptors (Lipinski definition) is 2. The number of rotatable bonds is 2. The first-order valence-electron chi connectivity index (χ1n) is 6.07. The highest BCUT2D eigenvalue weighted by molar-refractivity contribution is 5.07. The molecule has 3 N–H and O–H groups in total. The zero-order valence-corrected chi connectivity index (χ0v) is 9.26.